The van der Waals surface area contributed by atoms with Crippen LogP contribution in [0.5, 0.6) is 0 Å². The van der Waals surface area contributed by atoms with Crippen molar-refractivity contribution in [3.05, 3.63) is 11.8 Å². The van der Waals surface area contributed by atoms with Gasteiger partial charge in [0.25, 0.3) is 0 Å². The van der Waals surface area contributed by atoms with Gasteiger partial charge in [-0.3, -0.25) is 4.90 Å². The lowest BCUT2D eigenvalue weighted by Crippen LogP contribution is -2.45. The van der Waals surface area contributed by atoms with Gasteiger partial charge in [0.2, 0.25) is 6.17 Å². The van der Waals surface area contributed by atoms with E-state index < -0.39 is 41.5 Å². The van der Waals surface area contributed by atoms with E-state index in [2.05, 4.69) is 4.99 Å². The number of nitrogens with zero attached hydrogens (tertiary/aromatic N) is 2. The number of carbonyl (C=O) groups is 4. The molecule has 0 aromatic carbocycles. The first-order valence-electron chi connectivity index (χ1n) is 4.26. The summed E-state index contributed by atoms with van der Waals surface area (Å²) in [6.45, 7) is 0. The lowest BCUT2D eigenvalue weighted by Gasteiger charge is -2.24. The number of carboxylic acids is 3. The SMILES string of the molecule is O=C(O)C1=CN(C(=O)O)C(C(=O)O)N=C1C(=O)O. The minimum Gasteiger partial charge on any atom is -0.478 e. The fourth-order valence-corrected chi connectivity index (χ4v) is 1.19. The number of hydrogen-bond donors (Lipinski definition) is 4. The van der Waals surface area contributed by atoms with Gasteiger partial charge in [0.1, 0.15) is 5.57 Å². The van der Waals surface area contributed by atoms with Gasteiger partial charge in [0.15, 0.2) is 5.71 Å². The molecule has 96 valence electrons. The standard InChI is InChI=1S/C8H6N2O8/c11-5(12)2-1-10(8(17)18)4(7(15)16)9-3(2)6(13)14/h1,4H,(H,11,12)(H,13,14)(H,15,16)(H,17,18). The number of amides is 1. The molecule has 0 saturated heterocycles. The topological polar surface area (TPSA) is 165 Å². The highest BCUT2D eigenvalue weighted by Crippen LogP contribution is 2.16. The molecule has 0 aromatic heterocycles. The molecule has 1 amide bonds. The second-order valence-corrected chi connectivity index (χ2v) is 3.03. The van der Waals surface area contributed by atoms with E-state index in [1.165, 1.54) is 0 Å². The summed E-state index contributed by atoms with van der Waals surface area (Å²) in [7, 11) is 0. The molecule has 18 heavy (non-hydrogen) atoms. The molecule has 0 aromatic rings. The summed E-state index contributed by atoms with van der Waals surface area (Å²) in [5, 5.41) is 34.8. The molecule has 10 nitrogen and oxygen atoms in total. The van der Waals surface area contributed by atoms with Crippen LogP contribution in [-0.4, -0.2) is 61.2 Å². The summed E-state index contributed by atoms with van der Waals surface area (Å²) in [6.07, 6.45) is -3.40. The zero-order valence-corrected chi connectivity index (χ0v) is 8.47. The van der Waals surface area contributed by atoms with E-state index in [0.29, 0.717) is 6.20 Å². The third-order valence-electron chi connectivity index (χ3n) is 1.91. The molecular formula is C8H6N2O8. The van der Waals surface area contributed by atoms with Crippen molar-refractivity contribution in [3.8, 4) is 0 Å². The number of carboxylic acid groups (broad SMARTS) is 4. The summed E-state index contributed by atoms with van der Waals surface area (Å²) in [5.74, 6) is -5.22. The molecule has 0 saturated carbocycles. The third-order valence-corrected chi connectivity index (χ3v) is 1.91. The first-order valence-corrected chi connectivity index (χ1v) is 4.26. The Morgan fingerprint density at radius 2 is 1.61 bits per heavy atom. The predicted octanol–water partition coefficient (Wildman–Crippen LogP) is -1.12. The van der Waals surface area contributed by atoms with Crippen LogP contribution in [0.15, 0.2) is 16.8 Å². The van der Waals surface area contributed by atoms with E-state index in [1.54, 1.807) is 0 Å². The quantitative estimate of drug-likeness (QED) is 0.494. The van der Waals surface area contributed by atoms with E-state index in [4.69, 9.17) is 20.4 Å². The first-order chi connectivity index (χ1) is 8.25. The Bertz CT molecular complexity index is 459. The number of rotatable bonds is 3. The summed E-state index contributed by atoms with van der Waals surface area (Å²) >= 11 is 0. The van der Waals surface area contributed by atoms with Gasteiger partial charge in [-0.2, -0.15) is 0 Å². The summed E-state index contributed by atoms with van der Waals surface area (Å²) in [6, 6.07) is 0. The van der Waals surface area contributed by atoms with Crippen molar-refractivity contribution in [2.45, 2.75) is 6.17 Å². The van der Waals surface area contributed by atoms with Crippen molar-refractivity contribution in [3.63, 3.8) is 0 Å². The number of aliphatic carboxylic acids is 3. The van der Waals surface area contributed by atoms with Crippen LogP contribution in [0.4, 0.5) is 4.79 Å². The van der Waals surface area contributed by atoms with E-state index in [9.17, 15) is 19.2 Å². The molecule has 0 bridgehead atoms. The Morgan fingerprint density at radius 1 is 1.06 bits per heavy atom. The maximum absolute atomic E-state index is 10.7. The Morgan fingerprint density at radius 3 is 1.94 bits per heavy atom. The van der Waals surface area contributed by atoms with Crippen molar-refractivity contribution in [2.24, 2.45) is 4.99 Å². The normalized spacial score (nSPS) is 18.7. The number of hydrogen-bond acceptors (Lipinski definition) is 5. The Kier molecular flexibility index (Phi) is 3.31. The second-order valence-electron chi connectivity index (χ2n) is 3.03. The highest BCUT2D eigenvalue weighted by Gasteiger charge is 2.37. The highest BCUT2D eigenvalue weighted by atomic mass is 16.4. The molecule has 4 N–H and O–H groups in total. The van der Waals surface area contributed by atoms with E-state index >= 15 is 0 Å². The van der Waals surface area contributed by atoms with Gasteiger partial charge in [-0.1, -0.05) is 0 Å². The minimum absolute atomic E-state index is 0.0955. The Labute approximate surface area is 98.1 Å². The van der Waals surface area contributed by atoms with E-state index in [0.717, 1.165) is 0 Å². The average molecular weight is 258 g/mol. The highest BCUT2D eigenvalue weighted by molar-refractivity contribution is 6.48. The van der Waals surface area contributed by atoms with Gasteiger partial charge in [-0.25, -0.2) is 24.2 Å². The molecule has 10 heteroatoms. The van der Waals surface area contributed by atoms with Crippen molar-refractivity contribution in [1.82, 2.24) is 4.90 Å². The molecule has 1 rings (SSSR count). The summed E-state index contributed by atoms with van der Waals surface area (Å²) in [5.41, 5.74) is -1.94. The van der Waals surface area contributed by atoms with Crippen LogP contribution >= 0.6 is 0 Å². The van der Waals surface area contributed by atoms with Crippen LogP contribution < -0.4 is 0 Å². The molecule has 0 radical (unpaired) electrons. The van der Waals surface area contributed by atoms with Gasteiger partial charge in [0.05, 0.1) is 0 Å². The van der Waals surface area contributed by atoms with E-state index in [-0.39, 0.29) is 4.90 Å². The fraction of sp³-hybridized carbons (Fsp3) is 0.125. The van der Waals surface area contributed by atoms with Gasteiger partial charge < -0.3 is 20.4 Å². The second kappa shape index (κ2) is 4.53. The average Bonchev–Trinajstić information content (AvgIpc) is 2.26. The molecule has 1 aliphatic heterocycles. The molecular weight excluding hydrogens is 252 g/mol. The molecule has 1 atom stereocenters. The van der Waals surface area contributed by atoms with Crippen LogP contribution in [0.25, 0.3) is 0 Å². The largest absolute Gasteiger partial charge is 0.478 e. The first kappa shape index (κ1) is 13.2. The van der Waals surface area contributed by atoms with Gasteiger partial charge in [-0.15, -0.1) is 0 Å². The van der Waals surface area contributed by atoms with Gasteiger partial charge in [-0.05, 0) is 0 Å². The lowest BCUT2D eigenvalue weighted by atomic mass is 10.1. The lowest BCUT2D eigenvalue weighted by molar-refractivity contribution is -0.142. The van der Waals surface area contributed by atoms with Crippen molar-refractivity contribution in [2.75, 3.05) is 0 Å². The zero-order valence-electron chi connectivity index (χ0n) is 8.47. The fourth-order valence-electron chi connectivity index (χ4n) is 1.19. The zero-order chi connectivity index (χ0) is 14.0. The molecule has 0 spiro atoms. The van der Waals surface area contributed by atoms with Gasteiger partial charge in [0, 0.05) is 6.20 Å². The summed E-state index contributed by atoms with van der Waals surface area (Å²) < 4.78 is 0. The number of aliphatic imine (C=N–C) groups is 1. The Hall–Kier alpha value is -2.91. The molecule has 1 unspecified atom stereocenters. The van der Waals surface area contributed by atoms with Crippen LogP contribution in [0.1, 0.15) is 0 Å². The monoisotopic (exact) mass is 258 g/mol. The maximum Gasteiger partial charge on any atom is 0.413 e. The predicted molar refractivity (Wildman–Crippen MR) is 52.1 cm³/mol. The van der Waals surface area contributed by atoms with Crippen LogP contribution in [-0.2, 0) is 14.4 Å². The van der Waals surface area contributed by atoms with Crippen LogP contribution in [0.2, 0.25) is 0 Å². The Balaban J connectivity index is 3.36. The van der Waals surface area contributed by atoms with Crippen molar-refractivity contribution in [1.29, 1.82) is 0 Å². The third kappa shape index (κ3) is 2.26. The van der Waals surface area contributed by atoms with Crippen molar-refractivity contribution < 1.29 is 39.6 Å². The molecule has 0 aliphatic carbocycles. The van der Waals surface area contributed by atoms with E-state index in [1.807, 2.05) is 0 Å². The van der Waals surface area contributed by atoms with Crippen LogP contribution in [0, 0.1) is 0 Å². The maximum atomic E-state index is 10.7. The van der Waals surface area contributed by atoms with Crippen LogP contribution in [0.3, 0.4) is 0 Å². The summed E-state index contributed by atoms with van der Waals surface area (Å²) in [4.78, 5) is 46.1. The molecule has 0 fully saturated rings. The van der Waals surface area contributed by atoms with Gasteiger partial charge >= 0.3 is 24.0 Å². The molecule has 1 heterocycles. The minimum atomic E-state index is -2.03. The smallest absolute Gasteiger partial charge is 0.413 e. The molecule has 1 aliphatic rings. The van der Waals surface area contributed by atoms with Crippen molar-refractivity contribution >= 4 is 29.7 Å².